The van der Waals surface area contributed by atoms with Gasteiger partial charge in [-0.05, 0) is 17.7 Å². The number of esters is 1. The van der Waals surface area contributed by atoms with Crippen LogP contribution in [0.2, 0.25) is 0 Å². The molecule has 0 radical (unpaired) electrons. The maximum absolute atomic E-state index is 11.7. The topological polar surface area (TPSA) is 84.1 Å². The number of anilines is 1. The molecule has 1 amide bonds. The minimum atomic E-state index is -0.373. The molecule has 1 unspecified atom stereocenters. The Morgan fingerprint density at radius 3 is 2.80 bits per heavy atom. The van der Waals surface area contributed by atoms with Crippen LogP contribution in [0.4, 0.5) is 5.82 Å². The van der Waals surface area contributed by atoms with Crippen LogP contribution in [0.5, 0.6) is 0 Å². The Morgan fingerprint density at radius 1 is 1.35 bits per heavy atom. The number of aromatic nitrogens is 2. The highest BCUT2D eigenvalue weighted by Gasteiger charge is 2.28. The number of hydrogen-bond acceptors (Lipinski definition) is 4. The third-order valence-electron chi connectivity index (χ3n) is 3.43. The van der Waals surface area contributed by atoms with Gasteiger partial charge in [0.2, 0.25) is 5.91 Å². The number of fused-ring (bicyclic) bond motifs is 1. The summed E-state index contributed by atoms with van der Waals surface area (Å²) in [4.78, 5) is 23.1. The van der Waals surface area contributed by atoms with Gasteiger partial charge in [0.15, 0.2) is 0 Å². The van der Waals surface area contributed by atoms with Gasteiger partial charge in [0.1, 0.15) is 5.82 Å². The smallest absolute Gasteiger partial charge is 0.337 e. The second-order valence-corrected chi connectivity index (χ2v) is 4.62. The number of ether oxygens (including phenoxy) is 1. The van der Waals surface area contributed by atoms with Crippen LogP contribution in [0.15, 0.2) is 30.5 Å². The van der Waals surface area contributed by atoms with E-state index in [1.165, 1.54) is 7.11 Å². The van der Waals surface area contributed by atoms with Crippen molar-refractivity contribution in [3.8, 4) is 0 Å². The van der Waals surface area contributed by atoms with Crippen LogP contribution in [0.25, 0.3) is 0 Å². The molecule has 1 aromatic carbocycles. The Bertz CT molecular complexity index is 661. The van der Waals surface area contributed by atoms with Crippen LogP contribution >= 0.6 is 0 Å². The monoisotopic (exact) mass is 271 g/mol. The number of carbonyl (C=O) groups excluding carboxylic acids is 2. The predicted molar refractivity (Wildman–Crippen MR) is 71.5 cm³/mol. The van der Waals surface area contributed by atoms with Crippen molar-refractivity contribution in [1.82, 2.24) is 10.2 Å². The first kappa shape index (κ1) is 12.4. The van der Waals surface area contributed by atoms with E-state index in [1.54, 1.807) is 18.3 Å². The van der Waals surface area contributed by atoms with Crippen molar-refractivity contribution in [2.75, 3.05) is 12.4 Å². The normalized spacial score (nSPS) is 17.2. The first-order chi connectivity index (χ1) is 9.69. The van der Waals surface area contributed by atoms with Gasteiger partial charge in [-0.15, -0.1) is 0 Å². The number of rotatable bonds is 2. The van der Waals surface area contributed by atoms with Gasteiger partial charge < -0.3 is 10.1 Å². The first-order valence-corrected chi connectivity index (χ1v) is 6.20. The molecule has 0 aliphatic carbocycles. The number of nitrogens with one attached hydrogen (secondary N) is 2. The van der Waals surface area contributed by atoms with Crippen molar-refractivity contribution in [1.29, 1.82) is 0 Å². The van der Waals surface area contributed by atoms with Crippen molar-refractivity contribution < 1.29 is 14.3 Å². The Hall–Kier alpha value is -2.63. The molecule has 1 aromatic heterocycles. The maximum Gasteiger partial charge on any atom is 0.337 e. The van der Waals surface area contributed by atoms with Crippen molar-refractivity contribution in [3.05, 3.63) is 47.2 Å². The molecule has 0 fully saturated rings. The summed E-state index contributed by atoms with van der Waals surface area (Å²) < 4.78 is 4.66. The lowest BCUT2D eigenvalue weighted by atomic mass is 9.87. The Kier molecular flexibility index (Phi) is 2.98. The summed E-state index contributed by atoms with van der Waals surface area (Å²) in [7, 11) is 1.35. The molecular weight excluding hydrogens is 258 g/mol. The highest BCUT2D eigenvalue weighted by atomic mass is 16.5. The number of methoxy groups -OCH3 is 1. The maximum atomic E-state index is 11.7. The summed E-state index contributed by atoms with van der Waals surface area (Å²) in [5.41, 5.74) is 2.41. The van der Waals surface area contributed by atoms with Gasteiger partial charge in [-0.3, -0.25) is 9.89 Å². The molecule has 2 aromatic rings. The average molecular weight is 271 g/mol. The van der Waals surface area contributed by atoms with Crippen LogP contribution < -0.4 is 5.32 Å². The molecule has 1 aliphatic rings. The van der Waals surface area contributed by atoms with Gasteiger partial charge in [0, 0.05) is 17.9 Å². The lowest BCUT2D eigenvalue weighted by Crippen LogP contribution is -2.23. The average Bonchev–Trinajstić information content (AvgIpc) is 2.94. The van der Waals surface area contributed by atoms with Crippen LogP contribution in [0.3, 0.4) is 0 Å². The summed E-state index contributed by atoms with van der Waals surface area (Å²) in [5, 5.41) is 9.48. The zero-order valence-corrected chi connectivity index (χ0v) is 10.8. The predicted octanol–water partition coefficient (Wildman–Crippen LogP) is 1.67. The van der Waals surface area contributed by atoms with E-state index >= 15 is 0 Å². The van der Waals surface area contributed by atoms with Gasteiger partial charge in [0.25, 0.3) is 0 Å². The fourth-order valence-electron chi connectivity index (χ4n) is 2.41. The van der Waals surface area contributed by atoms with Crippen LogP contribution in [-0.4, -0.2) is 29.2 Å². The zero-order valence-electron chi connectivity index (χ0n) is 10.8. The Labute approximate surface area is 115 Å². The molecule has 0 saturated heterocycles. The molecule has 0 bridgehead atoms. The van der Waals surface area contributed by atoms with Gasteiger partial charge in [-0.25, -0.2) is 4.79 Å². The van der Waals surface area contributed by atoms with Gasteiger partial charge in [-0.2, -0.15) is 5.10 Å². The van der Waals surface area contributed by atoms with Crippen molar-refractivity contribution in [2.24, 2.45) is 0 Å². The summed E-state index contributed by atoms with van der Waals surface area (Å²) in [5.74, 6) is 0.165. The van der Waals surface area contributed by atoms with Crippen LogP contribution in [0, 0.1) is 0 Å². The second kappa shape index (κ2) is 4.80. The van der Waals surface area contributed by atoms with Gasteiger partial charge in [0.05, 0.1) is 18.9 Å². The van der Waals surface area contributed by atoms with Crippen molar-refractivity contribution in [3.63, 3.8) is 0 Å². The van der Waals surface area contributed by atoms with E-state index in [1.807, 2.05) is 12.1 Å². The molecule has 0 saturated carbocycles. The molecule has 6 nitrogen and oxygen atoms in total. The quantitative estimate of drug-likeness (QED) is 0.814. The van der Waals surface area contributed by atoms with E-state index in [9.17, 15) is 9.59 Å². The number of aromatic amines is 1. The minimum absolute atomic E-state index is 0.0517. The van der Waals surface area contributed by atoms with E-state index in [0.29, 0.717) is 17.8 Å². The van der Waals surface area contributed by atoms with E-state index in [-0.39, 0.29) is 17.8 Å². The number of H-pyrrole nitrogens is 1. The first-order valence-electron chi connectivity index (χ1n) is 6.20. The number of hydrogen-bond donors (Lipinski definition) is 2. The molecule has 2 heterocycles. The molecule has 0 spiro atoms. The summed E-state index contributed by atoms with van der Waals surface area (Å²) in [6, 6.07) is 7.08. The lowest BCUT2D eigenvalue weighted by molar-refractivity contribution is -0.116. The highest BCUT2D eigenvalue weighted by molar-refractivity contribution is 5.94. The van der Waals surface area contributed by atoms with E-state index < -0.39 is 0 Å². The molecule has 6 heteroatoms. The fraction of sp³-hybridized carbons (Fsp3) is 0.214. The van der Waals surface area contributed by atoms with Crippen LogP contribution in [0.1, 0.15) is 33.8 Å². The number of benzene rings is 1. The Balaban J connectivity index is 1.94. The standard InChI is InChI=1S/C14H13N3O3/c1-20-14(19)9-4-2-8(3-5-9)10-6-12(18)16-13-11(10)7-15-17-13/h2-5,7,10H,6H2,1H3,(H2,15,16,17,18). The van der Waals surface area contributed by atoms with Crippen molar-refractivity contribution >= 4 is 17.7 Å². The molecular formula is C14H13N3O3. The minimum Gasteiger partial charge on any atom is -0.465 e. The summed E-state index contributed by atoms with van der Waals surface area (Å²) in [6.45, 7) is 0. The fourth-order valence-corrected chi connectivity index (χ4v) is 2.41. The zero-order chi connectivity index (χ0) is 14.1. The number of carbonyl (C=O) groups is 2. The molecule has 20 heavy (non-hydrogen) atoms. The molecule has 1 aliphatic heterocycles. The number of amides is 1. The third-order valence-corrected chi connectivity index (χ3v) is 3.43. The molecule has 2 N–H and O–H groups in total. The highest BCUT2D eigenvalue weighted by Crippen LogP contribution is 2.35. The SMILES string of the molecule is COC(=O)c1ccc(C2CC(=O)Nc3[nH]ncc32)cc1. The van der Waals surface area contributed by atoms with Gasteiger partial charge in [-0.1, -0.05) is 12.1 Å². The lowest BCUT2D eigenvalue weighted by Gasteiger charge is -2.22. The van der Waals surface area contributed by atoms with E-state index in [4.69, 9.17) is 0 Å². The largest absolute Gasteiger partial charge is 0.465 e. The summed E-state index contributed by atoms with van der Waals surface area (Å²) in [6.07, 6.45) is 2.08. The number of nitrogens with zero attached hydrogens (tertiary/aromatic N) is 1. The van der Waals surface area contributed by atoms with E-state index in [0.717, 1.165) is 11.1 Å². The third kappa shape index (κ3) is 2.05. The van der Waals surface area contributed by atoms with Crippen molar-refractivity contribution in [2.45, 2.75) is 12.3 Å². The molecule has 1 atom stereocenters. The Morgan fingerprint density at radius 2 is 2.10 bits per heavy atom. The molecule has 102 valence electrons. The van der Waals surface area contributed by atoms with E-state index in [2.05, 4.69) is 20.3 Å². The molecule has 3 rings (SSSR count). The second-order valence-electron chi connectivity index (χ2n) is 4.62. The van der Waals surface area contributed by atoms with Crippen LogP contribution in [-0.2, 0) is 9.53 Å². The summed E-state index contributed by atoms with van der Waals surface area (Å²) >= 11 is 0. The van der Waals surface area contributed by atoms with Gasteiger partial charge >= 0.3 is 5.97 Å².